The zero-order chi connectivity index (χ0) is 17.6. The van der Waals surface area contributed by atoms with Crippen LogP contribution < -0.4 is 15.4 Å². The zero-order valence-corrected chi connectivity index (χ0v) is 14.1. The fraction of sp³-hybridized carbons (Fsp3) is 0.263. The maximum Gasteiger partial charge on any atom is 0.258 e. The Kier molecular flexibility index (Phi) is 5.58. The lowest BCUT2D eigenvalue weighted by Gasteiger charge is -2.20. The Hall–Kier alpha value is -2.82. The molecular formula is C19H22N2O3. The van der Waals surface area contributed by atoms with Crippen LogP contribution in [0.4, 0.5) is 5.69 Å². The van der Waals surface area contributed by atoms with Gasteiger partial charge in [0.1, 0.15) is 5.75 Å². The van der Waals surface area contributed by atoms with Crippen molar-refractivity contribution in [3.05, 3.63) is 60.2 Å². The highest BCUT2D eigenvalue weighted by atomic mass is 16.5. The Balaban J connectivity index is 1.94. The number of hydrogen-bond acceptors (Lipinski definition) is 3. The van der Waals surface area contributed by atoms with Gasteiger partial charge in [0, 0.05) is 22.9 Å². The number of nitrogens with one attached hydrogen (secondary N) is 2. The first-order chi connectivity index (χ1) is 11.3. The van der Waals surface area contributed by atoms with E-state index in [1.165, 1.54) is 0 Å². The first kappa shape index (κ1) is 17.5. The maximum atomic E-state index is 12.1. The molecule has 0 radical (unpaired) electrons. The topological polar surface area (TPSA) is 67.4 Å². The standard InChI is InChI=1S/C19H22N2O3/c1-19(2,3)21-17(22)13-24-16-11-7-10-15(12-16)20-18(23)14-8-5-4-6-9-14/h4-12H,13H2,1-3H3,(H,20,23)(H,21,22). The third kappa shape index (κ3) is 5.76. The van der Waals surface area contributed by atoms with E-state index in [4.69, 9.17) is 4.74 Å². The fourth-order valence-electron chi connectivity index (χ4n) is 2.06. The highest BCUT2D eigenvalue weighted by Crippen LogP contribution is 2.18. The van der Waals surface area contributed by atoms with Crippen LogP contribution in [0.2, 0.25) is 0 Å². The van der Waals surface area contributed by atoms with E-state index in [0.717, 1.165) is 0 Å². The minimum Gasteiger partial charge on any atom is -0.484 e. The van der Waals surface area contributed by atoms with Gasteiger partial charge >= 0.3 is 0 Å². The van der Waals surface area contributed by atoms with Crippen molar-refractivity contribution in [1.29, 1.82) is 0 Å². The smallest absolute Gasteiger partial charge is 0.258 e. The second kappa shape index (κ2) is 7.64. The normalized spacial score (nSPS) is 10.8. The summed E-state index contributed by atoms with van der Waals surface area (Å²) in [6.45, 7) is 5.65. The molecular weight excluding hydrogens is 304 g/mol. The number of hydrogen-bond donors (Lipinski definition) is 2. The van der Waals surface area contributed by atoms with Crippen LogP contribution in [0, 0.1) is 0 Å². The van der Waals surface area contributed by atoms with E-state index in [1.54, 1.807) is 36.4 Å². The number of anilines is 1. The van der Waals surface area contributed by atoms with Crippen LogP contribution in [0.1, 0.15) is 31.1 Å². The molecule has 5 nitrogen and oxygen atoms in total. The molecule has 2 amide bonds. The van der Waals surface area contributed by atoms with Gasteiger partial charge in [-0.2, -0.15) is 0 Å². The van der Waals surface area contributed by atoms with Crippen molar-refractivity contribution < 1.29 is 14.3 Å². The lowest BCUT2D eigenvalue weighted by molar-refractivity contribution is -0.124. The van der Waals surface area contributed by atoms with E-state index in [1.807, 2.05) is 39.0 Å². The molecule has 0 spiro atoms. The lowest BCUT2D eigenvalue weighted by Crippen LogP contribution is -2.43. The predicted octanol–water partition coefficient (Wildman–Crippen LogP) is 3.23. The van der Waals surface area contributed by atoms with E-state index in [9.17, 15) is 9.59 Å². The van der Waals surface area contributed by atoms with Crippen LogP contribution in [-0.2, 0) is 4.79 Å². The van der Waals surface area contributed by atoms with Gasteiger partial charge in [-0.3, -0.25) is 9.59 Å². The zero-order valence-electron chi connectivity index (χ0n) is 14.1. The van der Waals surface area contributed by atoms with Gasteiger partial charge < -0.3 is 15.4 Å². The predicted molar refractivity (Wildman–Crippen MR) is 94.2 cm³/mol. The van der Waals surface area contributed by atoms with Gasteiger partial charge in [0.15, 0.2) is 6.61 Å². The second-order valence-electron chi connectivity index (χ2n) is 6.43. The summed E-state index contributed by atoms with van der Waals surface area (Å²) in [5.41, 5.74) is 0.886. The first-order valence-corrected chi connectivity index (χ1v) is 7.74. The summed E-state index contributed by atoms with van der Waals surface area (Å²) in [6, 6.07) is 15.9. The third-order valence-electron chi connectivity index (χ3n) is 3.01. The molecule has 0 saturated carbocycles. The summed E-state index contributed by atoms with van der Waals surface area (Å²) in [5, 5.41) is 5.63. The number of carbonyl (C=O) groups excluding carboxylic acids is 2. The summed E-state index contributed by atoms with van der Waals surface area (Å²) in [7, 11) is 0. The SMILES string of the molecule is CC(C)(C)NC(=O)COc1cccc(NC(=O)c2ccccc2)c1. The summed E-state index contributed by atoms with van der Waals surface area (Å²) in [5.74, 6) is 0.129. The average Bonchev–Trinajstić information content (AvgIpc) is 2.52. The van der Waals surface area contributed by atoms with Crippen molar-refractivity contribution in [2.45, 2.75) is 26.3 Å². The van der Waals surface area contributed by atoms with Crippen molar-refractivity contribution in [2.24, 2.45) is 0 Å². The van der Waals surface area contributed by atoms with Crippen LogP contribution in [0.25, 0.3) is 0 Å². The van der Waals surface area contributed by atoms with Crippen LogP contribution in [0.3, 0.4) is 0 Å². The quantitative estimate of drug-likeness (QED) is 0.886. The van der Waals surface area contributed by atoms with E-state index in [2.05, 4.69) is 10.6 Å². The van der Waals surface area contributed by atoms with E-state index in [-0.39, 0.29) is 24.0 Å². The van der Waals surface area contributed by atoms with E-state index < -0.39 is 0 Å². The average molecular weight is 326 g/mol. The molecule has 0 fully saturated rings. The van der Waals surface area contributed by atoms with Gasteiger partial charge in [0.2, 0.25) is 0 Å². The van der Waals surface area contributed by atoms with Crippen molar-refractivity contribution in [2.75, 3.05) is 11.9 Å². The number of amides is 2. The molecule has 0 heterocycles. The maximum absolute atomic E-state index is 12.1. The molecule has 0 aliphatic rings. The van der Waals surface area contributed by atoms with Crippen LogP contribution in [-0.4, -0.2) is 24.0 Å². The van der Waals surface area contributed by atoms with Gasteiger partial charge in [-0.05, 0) is 45.0 Å². The Morgan fingerprint density at radius 3 is 2.38 bits per heavy atom. The number of rotatable bonds is 5. The minimum absolute atomic E-state index is 0.0760. The molecule has 2 aromatic carbocycles. The van der Waals surface area contributed by atoms with Crippen molar-refractivity contribution in [3.8, 4) is 5.75 Å². The summed E-state index contributed by atoms with van der Waals surface area (Å²) in [6.07, 6.45) is 0. The minimum atomic E-state index is -0.300. The van der Waals surface area contributed by atoms with Crippen molar-refractivity contribution in [1.82, 2.24) is 5.32 Å². The third-order valence-corrected chi connectivity index (χ3v) is 3.01. The molecule has 24 heavy (non-hydrogen) atoms. The van der Waals surface area contributed by atoms with Gasteiger partial charge in [-0.1, -0.05) is 24.3 Å². The molecule has 2 N–H and O–H groups in total. The molecule has 0 aromatic heterocycles. The molecule has 2 aromatic rings. The number of ether oxygens (including phenoxy) is 1. The summed E-state index contributed by atoms with van der Waals surface area (Å²) < 4.78 is 5.48. The van der Waals surface area contributed by atoms with Crippen LogP contribution in [0.15, 0.2) is 54.6 Å². The lowest BCUT2D eigenvalue weighted by atomic mass is 10.1. The van der Waals surface area contributed by atoms with Gasteiger partial charge in [0.25, 0.3) is 11.8 Å². The number of benzene rings is 2. The molecule has 0 atom stereocenters. The molecule has 2 rings (SSSR count). The van der Waals surface area contributed by atoms with Crippen molar-refractivity contribution in [3.63, 3.8) is 0 Å². The number of carbonyl (C=O) groups is 2. The molecule has 0 aliphatic carbocycles. The molecule has 5 heteroatoms. The largest absolute Gasteiger partial charge is 0.484 e. The Morgan fingerprint density at radius 2 is 1.71 bits per heavy atom. The van der Waals surface area contributed by atoms with Gasteiger partial charge in [-0.25, -0.2) is 0 Å². The van der Waals surface area contributed by atoms with E-state index >= 15 is 0 Å². The molecule has 0 bridgehead atoms. The molecule has 0 saturated heterocycles. The second-order valence-corrected chi connectivity index (χ2v) is 6.43. The monoisotopic (exact) mass is 326 g/mol. The molecule has 126 valence electrons. The van der Waals surface area contributed by atoms with Crippen LogP contribution >= 0.6 is 0 Å². The van der Waals surface area contributed by atoms with E-state index in [0.29, 0.717) is 17.0 Å². The Morgan fingerprint density at radius 1 is 1.00 bits per heavy atom. The fourth-order valence-corrected chi connectivity index (χ4v) is 2.06. The van der Waals surface area contributed by atoms with Crippen molar-refractivity contribution >= 4 is 17.5 Å². The summed E-state index contributed by atoms with van der Waals surface area (Å²) >= 11 is 0. The summed E-state index contributed by atoms with van der Waals surface area (Å²) in [4.78, 5) is 23.9. The van der Waals surface area contributed by atoms with Gasteiger partial charge in [0.05, 0.1) is 0 Å². The highest BCUT2D eigenvalue weighted by Gasteiger charge is 2.14. The Labute approximate surface area is 142 Å². The first-order valence-electron chi connectivity index (χ1n) is 7.74. The highest BCUT2D eigenvalue weighted by molar-refractivity contribution is 6.04. The molecule has 0 aliphatic heterocycles. The Bertz CT molecular complexity index is 706. The van der Waals surface area contributed by atoms with Crippen LogP contribution in [0.5, 0.6) is 5.75 Å². The molecule has 0 unspecified atom stereocenters. The van der Waals surface area contributed by atoms with Gasteiger partial charge in [-0.15, -0.1) is 0 Å².